The van der Waals surface area contributed by atoms with Crippen LogP contribution in [0.1, 0.15) is 5.56 Å². The summed E-state index contributed by atoms with van der Waals surface area (Å²) in [6.07, 6.45) is 0. The first-order valence-corrected chi connectivity index (χ1v) is 6.29. The van der Waals surface area contributed by atoms with Crippen LogP contribution in [0.3, 0.4) is 0 Å². The molecule has 0 spiro atoms. The number of aryl methyl sites for hydroxylation is 1. The van der Waals surface area contributed by atoms with Gasteiger partial charge in [0, 0.05) is 5.56 Å². The molecule has 0 saturated heterocycles. The molecule has 0 amide bonds. The summed E-state index contributed by atoms with van der Waals surface area (Å²) in [5.41, 5.74) is 9.96. The summed E-state index contributed by atoms with van der Waals surface area (Å²) in [6, 6.07) is 16.2. The van der Waals surface area contributed by atoms with Crippen LogP contribution in [0.4, 0.5) is 5.69 Å². The molecule has 0 aliphatic heterocycles. The number of para-hydroxylation sites is 1. The predicted octanol–water partition coefficient (Wildman–Crippen LogP) is 3.89. The quantitative estimate of drug-likeness (QED) is 0.506. The Hall–Kier alpha value is -1.80. The van der Waals surface area contributed by atoms with Crippen LogP contribution in [0.15, 0.2) is 53.5 Å². The molecule has 2 rings (SSSR count). The van der Waals surface area contributed by atoms with Gasteiger partial charge in [-0.2, -0.15) is 0 Å². The minimum absolute atomic E-state index is 0.238. The normalized spacial score (nSPS) is 11.6. The maximum absolute atomic E-state index is 5.69. The average Bonchev–Trinajstić information content (AvgIpc) is 2.40. The highest BCUT2D eigenvalue weighted by Gasteiger charge is 2.03. The number of halogens is 1. The molecule has 2 aromatic carbocycles. The topological polar surface area (TPSA) is 38.4 Å². The molecular formula is C15H15ClN2. The SMILES string of the molecule is Cc1ccc(-c2ccccc2N=C(N)CCl)cc1. The van der Waals surface area contributed by atoms with Crippen molar-refractivity contribution < 1.29 is 0 Å². The van der Waals surface area contributed by atoms with E-state index in [1.54, 1.807) is 0 Å². The van der Waals surface area contributed by atoms with Gasteiger partial charge in [-0.3, -0.25) is 0 Å². The molecule has 18 heavy (non-hydrogen) atoms. The summed E-state index contributed by atoms with van der Waals surface area (Å²) >= 11 is 5.67. The zero-order valence-electron chi connectivity index (χ0n) is 10.2. The molecule has 2 nitrogen and oxygen atoms in total. The number of amidine groups is 1. The molecule has 92 valence electrons. The first kappa shape index (κ1) is 12.7. The van der Waals surface area contributed by atoms with E-state index in [-0.39, 0.29) is 5.88 Å². The summed E-state index contributed by atoms with van der Waals surface area (Å²) < 4.78 is 0. The minimum Gasteiger partial charge on any atom is -0.386 e. The van der Waals surface area contributed by atoms with E-state index in [2.05, 4.69) is 36.2 Å². The van der Waals surface area contributed by atoms with Gasteiger partial charge in [-0.15, -0.1) is 11.6 Å². The summed E-state index contributed by atoms with van der Waals surface area (Å²) in [7, 11) is 0. The third-order valence-corrected chi connectivity index (χ3v) is 2.94. The lowest BCUT2D eigenvalue weighted by Gasteiger charge is -2.07. The standard InChI is InChI=1S/C15H15ClN2/c1-11-6-8-12(9-7-11)13-4-2-3-5-14(13)18-15(17)10-16/h2-9H,10H2,1H3,(H2,17,18). The van der Waals surface area contributed by atoms with Crippen LogP contribution in [-0.4, -0.2) is 11.7 Å². The number of nitrogens with two attached hydrogens (primary N) is 1. The molecule has 0 atom stereocenters. The fourth-order valence-corrected chi connectivity index (χ4v) is 1.79. The second kappa shape index (κ2) is 5.69. The van der Waals surface area contributed by atoms with Crippen LogP contribution in [0.2, 0.25) is 0 Å². The second-order valence-electron chi connectivity index (χ2n) is 4.12. The zero-order chi connectivity index (χ0) is 13.0. The molecule has 0 radical (unpaired) electrons. The number of nitrogens with zero attached hydrogens (tertiary/aromatic N) is 1. The Morgan fingerprint density at radius 1 is 1.11 bits per heavy atom. The number of aliphatic imine (C=N–C) groups is 1. The van der Waals surface area contributed by atoms with Gasteiger partial charge < -0.3 is 5.73 Å². The number of benzene rings is 2. The van der Waals surface area contributed by atoms with Crippen molar-refractivity contribution in [3.8, 4) is 11.1 Å². The van der Waals surface area contributed by atoms with E-state index < -0.39 is 0 Å². The van der Waals surface area contributed by atoms with E-state index in [1.165, 1.54) is 5.56 Å². The summed E-state index contributed by atoms with van der Waals surface area (Å²) in [4.78, 5) is 4.34. The van der Waals surface area contributed by atoms with Crippen LogP contribution in [0.25, 0.3) is 11.1 Å². The Bertz CT molecular complexity index is 559. The highest BCUT2D eigenvalue weighted by molar-refractivity contribution is 6.28. The van der Waals surface area contributed by atoms with Gasteiger partial charge >= 0.3 is 0 Å². The third-order valence-electron chi connectivity index (χ3n) is 2.67. The van der Waals surface area contributed by atoms with Gasteiger partial charge in [0.2, 0.25) is 0 Å². The van der Waals surface area contributed by atoms with Gasteiger partial charge in [0.1, 0.15) is 5.84 Å². The monoisotopic (exact) mass is 258 g/mol. The van der Waals surface area contributed by atoms with Gasteiger partial charge in [-0.05, 0) is 18.6 Å². The van der Waals surface area contributed by atoms with Crippen molar-refractivity contribution in [3.63, 3.8) is 0 Å². The van der Waals surface area contributed by atoms with Crippen molar-refractivity contribution in [2.75, 3.05) is 5.88 Å². The molecule has 2 N–H and O–H groups in total. The smallest absolute Gasteiger partial charge is 0.115 e. The fourth-order valence-electron chi connectivity index (χ4n) is 1.73. The molecule has 0 saturated carbocycles. The molecular weight excluding hydrogens is 244 g/mol. The number of rotatable bonds is 3. The molecule has 0 heterocycles. The Morgan fingerprint density at radius 3 is 2.44 bits per heavy atom. The zero-order valence-corrected chi connectivity index (χ0v) is 11.0. The van der Waals surface area contributed by atoms with E-state index >= 15 is 0 Å². The van der Waals surface area contributed by atoms with Crippen LogP contribution < -0.4 is 5.73 Å². The molecule has 2 aromatic rings. The van der Waals surface area contributed by atoms with Crippen molar-refractivity contribution in [2.45, 2.75) is 6.92 Å². The number of hydrogen-bond acceptors (Lipinski definition) is 1. The molecule has 0 bridgehead atoms. The van der Waals surface area contributed by atoms with Crippen molar-refractivity contribution in [2.24, 2.45) is 10.7 Å². The predicted molar refractivity (Wildman–Crippen MR) is 78.6 cm³/mol. The molecule has 3 heteroatoms. The lowest BCUT2D eigenvalue weighted by atomic mass is 10.0. The molecule has 0 aromatic heterocycles. The van der Waals surface area contributed by atoms with Crippen LogP contribution in [0, 0.1) is 6.92 Å². The third kappa shape index (κ3) is 2.90. The van der Waals surface area contributed by atoms with Crippen LogP contribution in [-0.2, 0) is 0 Å². The van der Waals surface area contributed by atoms with Crippen molar-refractivity contribution in [1.29, 1.82) is 0 Å². The Morgan fingerprint density at radius 2 is 1.78 bits per heavy atom. The van der Waals surface area contributed by atoms with Gasteiger partial charge in [0.15, 0.2) is 0 Å². The largest absolute Gasteiger partial charge is 0.386 e. The van der Waals surface area contributed by atoms with Crippen molar-refractivity contribution >= 4 is 23.1 Å². The highest BCUT2D eigenvalue weighted by atomic mass is 35.5. The van der Waals surface area contributed by atoms with Gasteiger partial charge in [-0.25, -0.2) is 4.99 Å². The Balaban J connectivity index is 2.48. The van der Waals surface area contributed by atoms with Gasteiger partial charge in [0.05, 0.1) is 11.6 Å². The van der Waals surface area contributed by atoms with Crippen molar-refractivity contribution in [1.82, 2.24) is 0 Å². The van der Waals surface area contributed by atoms with E-state index in [0.717, 1.165) is 16.8 Å². The molecule has 0 aliphatic carbocycles. The minimum atomic E-state index is 0.238. The number of hydrogen-bond donors (Lipinski definition) is 1. The molecule has 0 fully saturated rings. The van der Waals surface area contributed by atoms with E-state index in [1.807, 2.05) is 24.3 Å². The molecule has 0 aliphatic rings. The lowest BCUT2D eigenvalue weighted by molar-refractivity contribution is 1.43. The van der Waals surface area contributed by atoms with Crippen LogP contribution in [0.5, 0.6) is 0 Å². The van der Waals surface area contributed by atoms with Gasteiger partial charge in [-0.1, -0.05) is 48.0 Å². The second-order valence-corrected chi connectivity index (χ2v) is 4.39. The van der Waals surface area contributed by atoms with Gasteiger partial charge in [0.25, 0.3) is 0 Å². The Kier molecular flexibility index (Phi) is 4.00. The maximum Gasteiger partial charge on any atom is 0.115 e. The molecule has 0 unspecified atom stereocenters. The Labute approximate surface area is 112 Å². The lowest BCUT2D eigenvalue weighted by Crippen LogP contribution is -2.12. The first-order valence-electron chi connectivity index (χ1n) is 5.76. The highest BCUT2D eigenvalue weighted by Crippen LogP contribution is 2.30. The van der Waals surface area contributed by atoms with E-state index in [0.29, 0.717) is 5.84 Å². The maximum atomic E-state index is 5.69. The summed E-state index contributed by atoms with van der Waals surface area (Å²) in [6.45, 7) is 2.07. The van der Waals surface area contributed by atoms with Crippen molar-refractivity contribution in [3.05, 3.63) is 54.1 Å². The van der Waals surface area contributed by atoms with E-state index in [9.17, 15) is 0 Å². The fraction of sp³-hybridized carbons (Fsp3) is 0.133. The van der Waals surface area contributed by atoms with E-state index in [4.69, 9.17) is 17.3 Å². The summed E-state index contributed by atoms with van der Waals surface area (Å²) in [5.74, 6) is 0.665. The first-order chi connectivity index (χ1) is 8.70. The average molecular weight is 259 g/mol. The number of alkyl halides is 1. The summed E-state index contributed by atoms with van der Waals surface area (Å²) in [5, 5.41) is 0. The van der Waals surface area contributed by atoms with Crippen LogP contribution >= 0.6 is 11.6 Å².